The van der Waals surface area contributed by atoms with Gasteiger partial charge in [0.15, 0.2) is 0 Å². The van der Waals surface area contributed by atoms with Crippen LogP contribution in [-0.4, -0.2) is 51.3 Å². The molecule has 0 saturated carbocycles. The van der Waals surface area contributed by atoms with Gasteiger partial charge >= 0.3 is 0 Å². The molecule has 118 valence electrons. The highest BCUT2D eigenvalue weighted by Gasteiger charge is 2.34. The minimum absolute atomic E-state index is 0.121. The number of rotatable bonds is 6. The van der Waals surface area contributed by atoms with Crippen LogP contribution in [0.25, 0.3) is 0 Å². The fourth-order valence-corrected chi connectivity index (χ4v) is 3.48. The number of hydrogen-bond acceptors (Lipinski definition) is 5. The maximum absolute atomic E-state index is 11.0. The Hall–Kier alpha value is -0.980. The minimum atomic E-state index is -3.34. The van der Waals surface area contributed by atoms with Gasteiger partial charge in [-0.15, -0.1) is 0 Å². The summed E-state index contributed by atoms with van der Waals surface area (Å²) < 4.78 is 26.9. The average molecular weight is 312 g/mol. The SMILES string of the molecule is CN1CCC(CCCOS(C)(=O)=O)(c2ccncc2)CC1. The van der Waals surface area contributed by atoms with E-state index in [-0.39, 0.29) is 12.0 Å². The summed E-state index contributed by atoms with van der Waals surface area (Å²) in [4.78, 5) is 6.44. The zero-order chi connectivity index (χ0) is 15.3. The fraction of sp³-hybridized carbons (Fsp3) is 0.667. The van der Waals surface area contributed by atoms with Crippen LogP contribution in [0.15, 0.2) is 24.5 Å². The van der Waals surface area contributed by atoms with Crippen molar-refractivity contribution in [2.75, 3.05) is 33.0 Å². The van der Waals surface area contributed by atoms with Crippen molar-refractivity contribution >= 4 is 10.1 Å². The van der Waals surface area contributed by atoms with Gasteiger partial charge in [-0.05, 0) is 68.9 Å². The van der Waals surface area contributed by atoms with Gasteiger partial charge in [0.2, 0.25) is 0 Å². The summed E-state index contributed by atoms with van der Waals surface area (Å²) in [6.45, 7) is 2.39. The third kappa shape index (κ3) is 4.76. The summed E-state index contributed by atoms with van der Waals surface area (Å²) in [6.07, 6.45) is 8.64. The first-order chi connectivity index (χ1) is 9.91. The highest BCUT2D eigenvalue weighted by molar-refractivity contribution is 7.85. The summed E-state index contributed by atoms with van der Waals surface area (Å²) in [7, 11) is -1.20. The molecule has 0 amide bonds. The van der Waals surface area contributed by atoms with Crippen LogP contribution in [0.4, 0.5) is 0 Å². The van der Waals surface area contributed by atoms with Crippen LogP contribution in [0, 0.1) is 0 Å². The molecule has 6 heteroatoms. The molecule has 1 fully saturated rings. The molecule has 1 saturated heterocycles. The van der Waals surface area contributed by atoms with Gasteiger partial charge in [-0.3, -0.25) is 9.17 Å². The number of likely N-dealkylation sites (tertiary alicyclic amines) is 1. The lowest BCUT2D eigenvalue weighted by molar-refractivity contribution is 0.168. The average Bonchev–Trinajstić information content (AvgIpc) is 2.46. The highest BCUT2D eigenvalue weighted by Crippen LogP contribution is 2.39. The summed E-state index contributed by atoms with van der Waals surface area (Å²) in [5, 5.41) is 0. The summed E-state index contributed by atoms with van der Waals surface area (Å²) in [5.41, 5.74) is 1.43. The smallest absolute Gasteiger partial charge is 0.264 e. The monoisotopic (exact) mass is 312 g/mol. The van der Waals surface area contributed by atoms with Crippen LogP contribution in [0.5, 0.6) is 0 Å². The molecule has 0 radical (unpaired) electrons. The Morgan fingerprint density at radius 3 is 2.48 bits per heavy atom. The van der Waals surface area contributed by atoms with Crippen LogP contribution in [0.2, 0.25) is 0 Å². The lowest BCUT2D eigenvalue weighted by Gasteiger charge is -2.41. The maximum Gasteiger partial charge on any atom is 0.264 e. The van der Waals surface area contributed by atoms with Crippen molar-refractivity contribution in [1.82, 2.24) is 9.88 Å². The van der Waals surface area contributed by atoms with Crippen molar-refractivity contribution in [3.05, 3.63) is 30.1 Å². The normalized spacial score (nSPS) is 19.5. The molecule has 1 aromatic heterocycles. The maximum atomic E-state index is 11.0. The Kier molecular flexibility index (Phi) is 5.35. The van der Waals surface area contributed by atoms with Crippen molar-refractivity contribution < 1.29 is 12.6 Å². The minimum Gasteiger partial charge on any atom is -0.306 e. The number of nitrogens with zero attached hydrogens (tertiary/aromatic N) is 2. The van der Waals surface area contributed by atoms with Gasteiger partial charge in [-0.2, -0.15) is 8.42 Å². The van der Waals surface area contributed by atoms with E-state index in [2.05, 4.69) is 29.1 Å². The van der Waals surface area contributed by atoms with Crippen LogP contribution < -0.4 is 0 Å². The number of pyridine rings is 1. The van der Waals surface area contributed by atoms with E-state index in [0.717, 1.165) is 45.0 Å². The van der Waals surface area contributed by atoms with Gasteiger partial charge in [0, 0.05) is 12.4 Å². The Morgan fingerprint density at radius 1 is 1.29 bits per heavy atom. The van der Waals surface area contributed by atoms with Crippen LogP contribution in [0.1, 0.15) is 31.2 Å². The molecular weight excluding hydrogens is 288 g/mol. The van der Waals surface area contributed by atoms with Crippen molar-refractivity contribution in [1.29, 1.82) is 0 Å². The van der Waals surface area contributed by atoms with E-state index in [1.165, 1.54) is 5.56 Å². The first-order valence-corrected chi connectivity index (χ1v) is 9.16. The Bertz CT molecular complexity index is 537. The van der Waals surface area contributed by atoms with E-state index in [4.69, 9.17) is 4.18 Å². The molecule has 0 aromatic carbocycles. The van der Waals surface area contributed by atoms with E-state index in [0.29, 0.717) is 0 Å². The molecule has 0 spiro atoms. The lowest BCUT2D eigenvalue weighted by Crippen LogP contribution is -2.41. The van der Waals surface area contributed by atoms with E-state index in [9.17, 15) is 8.42 Å². The van der Waals surface area contributed by atoms with Crippen molar-refractivity contribution in [2.24, 2.45) is 0 Å². The van der Waals surface area contributed by atoms with Crippen LogP contribution in [0.3, 0.4) is 0 Å². The second-order valence-electron chi connectivity index (χ2n) is 5.95. The van der Waals surface area contributed by atoms with E-state index >= 15 is 0 Å². The molecule has 0 atom stereocenters. The predicted molar refractivity (Wildman–Crippen MR) is 82.7 cm³/mol. The van der Waals surface area contributed by atoms with Gasteiger partial charge < -0.3 is 4.90 Å². The van der Waals surface area contributed by atoms with Gasteiger partial charge in [0.1, 0.15) is 0 Å². The largest absolute Gasteiger partial charge is 0.306 e. The van der Waals surface area contributed by atoms with Gasteiger partial charge in [0.25, 0.3) is 10.1 Å². The Morgan fingerprint density at radius 2 is 1.90 bits per heavy atom. The molecule has 1 aromatic rings. The Labute approximate surface area is 127 Å². The second-order valence-corrected chi connectivity index (χ2v) is 7.59. The quantitative estimate of drug-likeness (QED) is 0.592. The van der Waals surface area contributed by atoms with Gasteiger partial charge in [-0.25, -0.2) is 0 Å². The van der Waals surface area contributed by atoms with Crippen molar-refractivity contribution in [3.63, 3.8) is 0 Å². The number of aromatic nitrogens is 1. The molecule has 2 rings (SSSR count). The molecular formula is C15H24N2O3S. The molecule has 5 nitrogen and oxygen atoms in total. The summed E-state index contributed by atoms with van der Waals surface area (Å²) in [6, 6.07) is 4.17. The van der Waals surface area contributed by atoms with E-state index < -0.39 is 10.1 Å². The number of hydrogen-bond donors (Lipinski definition) is 0. The molecule has 1 aliphatic heterocycles. The lowest BCUT2D eigenvalue weighted by atomic mass is 9.70. The molecule has 0 bridgehead atoms. The summed E-state index contributed by atoms with van der Waals surface area (Å²) >= 11 is 0. The molecule has 0 unspecified atom stereocenters. The predicted octanol–water partition coefficient (Wildman–Crippen LogP) is 1.80. The van der Waals surface area contributed by atoms with Crippen molar-refractivity contribution in [2.45, 2.75) is 31.1 Å². The molecule has 2 heterocycles. The zero-order valence-electron chi connectivity index (χ0n) is 12.8. The molecule has 21 heavy (non-hydrogen) atoms. The summed E-state index contributed by atoms with van der Waals surface area (Å²) in [5.74, 6) is 0. The van der Waals surface area contributed by atoms with Crippen LogP contribution >= 0.6 is 0 Å². The highest BCUT2D eigenvalue weighted by atomic mass is 32.2. The van der Waals surface area contributed by atoms with E-state index in [1.807, 2.05) is 12.4 Å². The Balaban J connectivity index is 2.03. The van der Waals surface area contributed by atoms with E-state index in [1.54, 1.807) is 0 Å². The molecule has 0 N–H and O–H groups in total. The molecule has 1 aliphatic rings. The third-order valence-electron chi connectivity index (χ3n) is 4.33. The zero-order valence-corrected chi connectivity index (χ0v) is 13.6. The van der Waals surface area contributed by atoms with Crippen molar-refractivity contribution in [3.8, 4) is 0 Å². The number of piperidine rings is 1. The van der Waals surface area contributed by atoms with Crippen LogP contribution in [-0.2, 0) is 19.7 Å². The standard InChI is InChI=1S/C15H24N2O3S/c1-17-11-7-15(8-12-17,14-4-9-16-10-5-14)6-3-13-20-21(2,18)19/h4-5,9-10H,3,6-8,11-13H2,1-2H3. The topological polar surface area (TPSA) is 59.5 Å². The molecule has 0 aliphatic carbocycles. The van der Waals surface area contributed by atoms with Gasteiger partial charge in [0.05, 0.1) is 12.9 Å². The second kappa shape index (κ2) is 6.85. The third-order valence-corrected chi connectivity index (χ3v) is 4.93. The first-order valence-electron chi connectivity index (χ1n) is 7.35. The first kappa shape index (κ1) is 16.4. The fourth-order valence-electron chi connectivity index (χ4n) is 3.06. The van der Waals surface area contributed by atoms with Gasteiger partial charge in [-0.1, -0.05) is 0 Å².